The largest absolute Gasteiger partial charge is 0.330 e. The molecule has 0 spiro atoms. The molecule has 0 aliphatic carbocycles. The molecule has 90 valence electrons. The van der Waals surface area contributed by atoms with Gasteiger partial charge in [0, 0.05) is 13.1 Å². The van der Waals surface area contributed by atoms with Gasteiger partial charge in [-0.1, -0.05) is 0 Å². The van der Waals surface area contributed by atoms with Crippen molar-refractivity contribution < 1.29 is 0 Å². The zero-order valence-electron chi connectivity index (χ0n) is 9.76. The quantitative estimate of drug-likeness (QED) is 0.782. The number of hydrogen-bond acceptors (Lipinski definition) is 4. The van der Waals surface area contributed by atoms with Crippen LogP contribution in [0.15, 0.2) is 12.7 Å². The minimum Gasteiger partial charge on any atom is -0.330 e. The number of nitrogens with two attached hydrogens (primary N) is 1. The molecule has 2 N–H and O–H groups in total. The molecular weight excluding hydrogens is 202 g/mol. The van der Waals surface area contributed by atoms with Crippen molar-refractivity contribution in [3.05, 3.63) is 12.7 Å². The molecule has 0 aromatic carbocycles. The van der Waals surface area contributed by atoms with E-state index >= 15 is 0 Å². The Labute approximate surface area is 96.6 Å². The topological polar surface area (TPSA) is 60.0 Å². The fraction of sp³-hybridized carbons (Fsp3) is 0.818. The van der Waals surface area contributed by atoms with Crippen molar-refractivity contribution in [2.24, 2.45) is 11.7 Å². The first-order chi connectivity index (χ1) is 7.88. The van der Waals surface area contributed by atoms with Crippen LogP contribution in [0.1, 0.15) is 19.3 Å². The van der Waals surface area contributed by atoms with Gasteiger partial charge in [-0.05, 0) is 38.3 Å². The third-order valence-electron chi connectivity index (χ3n) is 3.29. The summed E-state index contributed by atoms with van der Waals surface area (Å²) >= 11 is 0. The minimum atomic E-state index is 0.800. The lowest BCUT2D eigenvalue weighted by Gasteiger charge is -2.32. The summed E-state index contributed by atoms with van der Waals surface area (Å²) in [6, 6.07) is 0. The highest BCUT2D eigenvalue weighted by Crippen LogP contribution is 2.18. The minimum absolute atomic E-state index is 0.800. The Balaban J connectivity index is 1.72. The number of aromatic nitrogens is 3. The second-order valence-electron chi connectivity index (χ2n) is 4.54. The Morgan fingerprint density at radius 3 is 3.06 bits per heavy atom. The van der Waals surface area contributed by atoms with Gasteiger partial charge in [0.1, 0.15) is 12.7 Å². The van der Waals surface area contributed by atoms with E-state index in [9.17, 15) is 0 Å². The van der Waals surface area contributed by atoms with Crippen LogP contribution in [0.2, 0.25) is 0 Å². The molecule has 1 atom stereocenters. The molecule has 1 saturated heterocycles. The van der Waals surface area contributed by atoms with Crippen LogP contribution in [0, 0.1) is 5.92 Å². The lowest BCUT2D eigenvalue weighted by molar-refractivity contribution is 0.163. The molecular formula is C11H21N5. The lowest BCUT2D eigenvalue weighted by atomic mass is 9.95. The van der Waals surface area contributed by atoms with Gasteiger partial charge >= 0.3 is 0 Å². The van der Waals surface area contributed by atoms with Crippen LogP contribution in [-0.2, 0) is 6.54 Å². The van der Waals surface area contributed by atoms with Crippen molar-refractivity contribution in [2.45, 2.75) is 25.8 Å². The summed E-state index contributed by atoms with van der Waals surface area (Å²) in [5.41, 5.74) is 5.62. The van der Waals surface area contributed by atoms with Crippen LogP contribution < -0.4 is 5.73 Å². The van der Waals surface area contributed by atoms with Gasteiger partial charge in [-0.25, -0.2) is 4.98 Å². The summed E-state index contributed by atoms with van der Waals surface area (Å²) in [4.78, 5) is 6.47. The standard InChI is InChI=1S/C11H21N5/c12-4-3-11-2-1-5-15(8-11)6-7-16-10-13-9-14-16/h9-11H,1-8,12H2. The van der Waals surface area contributed by atoms with Crippen molar-refractivity contribution >= 4 is 0 Å². The van der Waals surface area contributed by atoms with E-state index in [1.54, 1.807) is 12.7 Å². The number of rotatable bonds is 5. The first kappa shape index (κ1) is 11.5. The maximum Gasteiger partial charge on any atom is 0.137 e. The van der Waals surface area contributed by atoms with E-state index in [1.165, 1.54) is 32.4 Å². The Morgan fingerprint density at radius 2 is 2.31 bits per heavy atom. The first-order valence-electron chi connectivity index (χ1n) is 6.13. The highest BCUT2D eigenvalue weighted by Gasteiger charge is 2.18. The second-order valence-corrected chi connectivity index (χ2v) is 4.54. The number of nitrogens with zero attached hydrogens (tertiary/aromatic N) is 4. The lowest BCUT2D eigenvalue weighted by Crippen LogP contribution is -2.38. The van der Waals surface area contributed by atoms with E-state index < -0.39 is 0 Å². The van der Waals surface area contributed by atoms with Gasteiger partial charge in [-0.3, -0.25) is 4.68 Å². The van der Waals surface area contributed by atoms with Crippen LogP contribution in [0.4, 0.5) is 0 Å². The van der Waals surface area contributed by atoms with Gasteiger partial charge in [0.15, 0.2) is 0 Å². The summed E-state index contributed by atoms with van der Waals surface area (Å²) in [6.45, 7) is 5.25. The predicted octanol–water partition coefficient (Wildman–Crippen LogP) is 0.339. The summed E-state index contributed by atoms with van der Waals surface area (Å²) < 4.78 is 1.90. The molecule has 0 amide bonds. The molecule has 0 radical (unpaired) electrons. The van der Waals surface area contributed by atoms with Gasteiger partial charge in [0.05, 0.1) is 6.54 Å². The van der Waals surface area contributed by atoms with Gasteiger partial charge in [0.25, 0.3) is 0 Å². The molecule has 1 fully saturated rings. The molecule has 1 unspecified atom stereocenters. The highest BCUT2D eigenvalue weighted by atomic mass is 15.3. The van der Waals surface area contributed by atoms with E-state index in [0.717, 1.165) is 25.6 Å². The Morgan fingerprint density at radius 1 is 1.38 bits per heavy atom. The fourth-order valence-electron chi connectivity index (χ4n) is 2.42. The average molecular weight is 223 g/mol. The highest BCUT2D eigenvalue weighted by molar-refractivity contribution is 4.73. The van der Waals surface area contributed by atoms with E-state index in [1.807, 2.05) is 4.68 Å². The van der Waals surface area contributed by atoms with Crippen LogP contribution in [0.3, 0.4) is 0 Å². The number of piperidine rings is 1. The van der Waals surface area contributed by atoms with Crippen molar-refractivity contribution in [2.75, 3.05) is 26.2 Å². The molecule has 5 heteroatoms. The number of hydrogen-bond donors (Lipinski definition) is 1. The number of likely N-dealkylation sites (tertiary alicyclic amines) is 1. The van der Waals surface area contributed by atoms with Gasteiger partial charge in [0.2, 0.25) is 0 Å². The molecule has 2 heterocycles. The van der Waals surface area contributed by atoms with E-state index in [4.69, 9.17) is 5.73 Å². The summed E-state index contributed by atoms with van der Waals surface area (Å²) in [7, 11) is 0. The zero-order chi connectivity index (χ0) is 11.2. The molecule has 0 saturated carbocycles. The molecule has 2 rings (SSSR count). The maximum atomic E-state index is 5.62. The monoisotopic (exact) mass is 223 g/mol. The molecule has 1 aromatic rings. The summed E-state index contributed by atoms with van der Waals surface area (Å²) in [5.74, 6) is 0.800. The van der Waals surface area contributed by atoms with Crippen molar-refractivity contribution in [1.29, 1.82) is 0 Å². The van der Waals surface area contributed by atoms with Gasteiger partial charge in [-0.2, -0.15) is 5.10 Å². The Bertz CT molecular complexity index is 283. The van der Waals surface area contributed by atoms with Gasteiger partial charge < -0.3 is 10.6 Å². The molecule has 16 heavy (non-hydrogen) atoms. The van der Waals surface area contributed by atoms with E-state index in [-0.39, 0.29) is 0 Å². The molecule has 1 aliphatic heterocycles. The normalized spacial score (nSPS) is 22.4. The smallest absolute Gasteiger partial charge is 0.137 e. The van der Waals surface area contributed by atoms with Crippen LogP contribution in [0.5, 0.6) is 0 Å². The molecule has 1 aliphatic rings. The SMILES string of the molecule is NCCC1CCCN(CCn2cncn2)C1. The van der Waals surface area contributed by atoms with Crippen LogP contribution in [-0.4, -0.2) is 45.8 Å². The van der Waals surface area contributed by atoms with Crippen molar-refractivity contribution in [1.82, 2.24) is 19.7 Å². The van der Waals surface area contributed by atoms with Crippen molar-refractivity contribution in [3.8, 4) is 0 Å². The second kappa shape index (κ2) is 5.96. The molecule has 5 nitrogen and oxygen atoms in total. The van der Waals surface area contributed by atoms with Crippen LogP contribution >= 0.6 is 0 Å². The average Bonchev–Trinajstić information content (AvgIpc) is 2.80. The van der Waals surface area contributed by atoms with E-state index in [0.29, 0.717) is 0 Å². The van der Waals surface area contributed by atoms with Crippen molar-refractivity contribution in [3.63, 3.8) is 0 Å². The zero-order valence-corrected chi connectivity index (χ0v) is 9.76. The molecule has 1 aromatic heterocycles. The third kappa shape index (κ3) is 3.28. The Kier molecular flexibility index (Phi) is 4.30. The summed E-state index contributed by atoms with van der Waals surface area (Å²) in [5, 5.41) is 4.11. The first-order valence-corrected chi connectivity index (χ1v) is 6.13. The fourth-order valence-corrected chi connectivity index (χ4v) is 2.42. The predicted molar refractivity (Wildman–Crippen MR) is 62.9 cm³/mol. The van der Waals surface area contributed by atoms with Crippen LogP contribution in [0.25, 0.3) is 0 Å². The van der Waals surface area contributed by atoms with E-state index in [2.05, 4.69) is 15.0 Å². The van der Waals surface area contributed by atoms with Gasteiger partial charge in [-0.15, -0.1) is 0 Å². The Hall–Kier alpha value is -0.940. The maximum absolute atomic E-state index is 5.62. The summed E-state index contributed by atoms with van der Waals surface area (Å²) in [6.07, 6.45) is 7.19. The third-order valence-corrected chi connectivity index (χ3v) is 3.29. The molecule has 0 bridgehead atoms.